The number of carbonyl (C=O) groups excluding carboxylic acids is 1. The molecular weight excluding hydrogens is 250 g/mol. The molecule has 0 aromatic heterocycles. The molecule has 0 aromatic carbocycles. The van der Waals surface area contributed by atoms with Gasteiger partial charge in [0.05, 0.1) is 7.11 Å². The van der Waals surface area contributed by atoms with Gasteiger partial charge < -0.3 is 4.84 Å². The van der Waals surface area contributed by atoms with Crippen LogP contribution >= 0.6 is 0 Å². The third-order valence-corrected chi connectivity index (χ3v) is 1.73. The Balaban J connectivity index is 0. The summed E-state index contributed by atoms with van der Waals surface area (Å²) in [7, 11) is 0.0637. The minimum absolute atomic E-state index is 0.281. The molecule has 0 aliphatic carbocycles. The zero-order chi connectivity index (χ0) is 14.1. The van der Waals surface area contributed by atoms with Gasteiger partial charge in [-0.15, -0.1) is 5.06 Å². The molecule has 0 saturated heterocycles. The fourth-order valence-corrected chi connectivity index (χ4v) is 0.627. The van der Waals surface area contributed by atoms with Crippen LogP contribution in [0.2, 0.25) is 0 Å². The molecule has 8 heteroatoms. The second-order valence-corrected chi connectivity index (χ2v) is 4.27. The summed E-state index contributed by atoms with van der Waals surface area (Å²) in [4.78, 5) is 15.8. The Hall–Kier alpha value is -0.960. The third-order valence-electron chi connectivity index (χ3n) is 1.31. The van der Waals surface area contributed by atoms with Crippen LogP contribution in [0.1, 0.15) is 20.3 Å². The Morgan fingerprint density at radius 1 is 1.41 bits per heavy atom. The zero-order valence-electron chi connectivity index (χ0n) is 10.6. The van der Waals surface area contributed by atoms with Gasteiger partial charge >= 0.3 is 16.4 Å². The molecular formula is C9H19NO6S. The van der Waals surface area contributed by atoms with Crippen LogP contribution in [0.5, 0.6) is 0 Å². The van der Waals surface area contributed by atoms with Crippen LogP contribution in [0.3, 0.4) is 0 Å². The summed E-state index contributed by atoms with van der Waals surface area (Å²) in [6, 6.07) is 0. The highest BCUT2D eigenvalue weighted by Crippen LogP contribution is 1.98. The van der Waals surface area contributed by atoms with Crippen molar-refractivity contribution in [2.75, 3.05) is 21.2 Å². The first-order valence-electron chi connectivity index (χ1n) is 4.73. The Labute approximate surface area is 102 Å². The van der Waals surface area contributed by atoms with E-state index in [9.17, 15) is 13.2 Å². The van der Waals surface area contributed by atoms with Gasteiger partial charge in [0, 0.05) is 19.7 Å². The Kier molecular flexibility index (Phi) is 9.86. The van der Waals surface area contributed by atoms with Gasteiger partial charge in [0.1, 0.15) is 0 Å². The van der Waals surface area contributed by atoms with Crippen molar-refractivity contribution in [1.29, 1.82) is 0 Å². The largest absolute Gasteiger partial charge is 0.397 e. The SMILES string of the molecule is CCC=C(C)C(=O)ON(C)C.COS(=O)(=O)O. The standard InChI is InChI=1S/C8H15NO2.CH4O4S/c1-5-6-7(2)8(10)11-9(3)4;1-5-6(2,3)4/h6H,5H2,1-4H3;1H3,(H,2,3,4). The summed E-state index contributed by atoms with van der Waals surface area (Å²) in [5, 5.41) is 1.38. The first kappa shape index (κ1) is 18.4. The van der Waals surface area contributed by atoms with E-state index < -0.39 is 10.4 Å². The van der Waals surface area contributed by atoms with E-state index in [-0.39, 0.29) is 5.97 Å². The highest BCUT2D eigenvalue weighted by molar-refractivity contribution is 7.80. The van der Waals surface area contributed by atoms with E-state index in [4.69, 9.17) is 9.39 Å². The summed E-state index contributed by atoms with van der Waals surface area (Å²) in [5.41, 5.74) is 0.654. The third kappa shape index (κ3) is 15.0. The van der Waals surface area contributed by atoms with Gasteiger partial charge in [0.15, 0.2) is 0 Å². The van der Waals surface area contributed by atoms with Crippen LogP contribution in [0, 0.1) is 0 Å². The van der Waals surface area contributed by atoms with Gasteiger partial charge in [-0.1, -0.05) is 13.0 Å². The number of carbonyl (C=O) groups is 1. The number of hydrogen-bond acceptors (Lipinski definition) is 6. The predicted molar refractivity (Wildman–Crippen MR) is 62.4 cm³/mol. The molecule has 0 rings (SSSR count). The van der Waals surface area contributed by atoms with E-state index in [2.05, 4.69) is 4.18 Å². The molecule has 102 valence electrons. The quantitative estimate of drug-likeness (QED) is 0.458. The van der Waals surface area contributed by atoms with Crippen LogP contribution in [-0.2, 0) is 24.2 Å². The first-order valence-corrected chi connectivity index (χ1v) is 6.10. The number of nitrogens with zero attached hydrogens (tertiary/aromatic N) is 1. The van der Waals surface area contributed by atoms with Crippen molar-refractivity contribution in [1.82, 2.24) is 5.06 Å². The fraction of sp³-hybridized carbons (Fsp3) is 0.667. The molecule has 0 unspecified atom stereocenters. The van der Waals surface area contributed by atoms with Crippen LogP contribution < -0.4 is 0 Å². The lowest BCUT2D eigenvalue weighted by atomic mass is 10.2. The Morgan fingerprint density at radius 2 is 1.82 bits per heavy atom. The molecule has 0 amide bonds. The van der Waals surface area contributed by atoms with Crippen molar-refractivity contribution < 1.29 is 26.8 Å². The first-order chi connectivity index (χ1) is 7.64. The van der Waals surface area contributed by atoms with Gasteiger partial charge in [-0.3, -0.25) is 8.74 Å². The average Bonchev–Trinajstić information content (AvgIpc) is 2.17. The Bertz CT molecular complexity index is 346. The molecule has 0 aliphatic rings. The fourth-order valence-electron chi connectivity index (χ4n) is 0.627. The molecule has 17 heavy (non-hydrogen) atoms. The summed E-state index contributed by atoms with van der Waals surface area (Å²) < 4.78 is 29.7. The van der Waals surface area contributed by atoms with Gasteiger partial charge in [-0.25, -0.2) is 4.79 Å². The lowest BCUT2D eigenvalue weighted by Crippen LogP contribution is -2.18. The number of hydroxylamine groups is 2. The zero-order valence-corrected chi connectivity index (χ0v) is 11.4. The summed E-state index contributed by atoms with van der Waals surface area (Å²) in [6.07, 6.45) is 2.69. The monoisotopic (exact) mass is 269 g/mol. The van der Waals surface area contributed by atoms with Gasteiger partial charge in [0.2, 0.25) is 0 Å². The normalized spacial score (nSPS) is 11.8. The number of allylic oxidation sites excluding steroid dienone is 1. The van der Waals surface area contributed by atoms with Crippen LogP contribution in [0.25, 0.3) is 0 Å². The van der Waals surface area contributed by atoms with Crippen molar-refractivity contribution in [2.24, 2.45) is 0 Å². The van der Waals surface area contributed by atoms with Crippen LogP contribution in [-0.4, -0.2) is 45.2 Å². The van der Waals surface area contributed by atoms with Crippen molar-refractivity contribution in [2.45, 2.75) is 20.3 Å². The van der Waals surface area contributed by atoms with Crippen LogP contribution in [0.15, 0.2) is 11.6 Å². The summed E-state index contributed by atoms with van der Waals surface area (Å²) >= 11 is 0. The number of hydrogen-bond donors (Lipinski definition) is 1. The van der Waals surface area contributed by atoms with Gasteiger partial charge in [-0.05, 0) is 13.3 Å². The van der Waals surface area contributed by atoms with E-state index in [1.165, 1.54) is 5.06 Å². The van der Waals surface area contributed by atoms with Crippen molar-refractivity contribution >= 4 is 16.4 Å². The molecule has 0 spiro atoms. The number of rotatable bonds is 4. The average molecular weight is 269 g/mol. The maximum Gasteiger partial charge on any atom is 0.397 e. The maximum absolute atomic E-state index is 11.0. The molecule has 0 radical (unpaired) electrons. The molecule has 0 fully saturated rings. The van der Waals surface area contributed by atoms with E-state index in [1.807, 2.05) is 13.0 Å². The lowest BCUT2D eigenvalue weighted by Gasteiger charge is -2.09. The molecule has 1 N–H and O–H groups in total. The molecule has 0 heterocycles. The molecule has 0 aromatic rings. The minimum atomic E-state index is -4.16. The minimum Gasteiger partial charge on any atom is -0.365 e. The van der Waals surface area contributed by atoms with Crippen molar-refractivity contribution in [3.8, 4) is 0 Å². The smallest absolute Gasteiger partial charge is 0.365 e. The van der Waals surface area contributed by atoms with Gasteiger partial charge in [-0.2, -0.15) is 8.42 Å². The van der Waals surface area contributed by atoms with Crippen LogP contribution in [0.4, 0.5) is 0 Å². The second kappa shape index (κ2) is 9.11. The molecule has 0 atom stereocenters. The maximum atomic E-state index is 11.0. The Morgan fingerprint density at radius 3 is 2.06 bits per heavy atom. The van der Waals surface area contributed by atoms with E-state index in [0.717, 1.165) is 13.5 Å². The molecule has 0 aliphatic heterocycles. The summed E-state index contributed by atoms with van der Waals surface area (Å²) in [6.45, 7) is 3.72. The lowest BCUT2D eigenvalue weighted by molar-refractivity contribution is -0.172. The molecule has 0 bridgehead atoms. The van der Waals surface area contributed by atoms with E-state index >= 15 is 0 Å². The highest BCUT2D eigenvalue weighted by atomic mass is 32.3. The molecule has 7 nitrogen and oxygen atoms in total. The summed E-state index contributed by atoms with van der Waals surface area (Å²) in [5.74, 6) is -0.281. The highest BCUT2D eigenvalue weighted by Gasteiger charge is 2.05. The second-order valence-electron chi connectivity index (χ2n) is 3.08. The van der Waals surface area contributed by atoms with Crippen molar-refractivity contribution in [3.63, 3.8) is 0 Å². The van der Waals surface area contributed by atoms with E-state index in [1.54, 1.807) is 21.0 Å². The van der Waals surface area contributed by atoms with Crippen molar-refractivity contribution in [3.05, 3.63) is 11.6 Å². The predicted octanol–water partition coefficient (Wildman–Crippen LogP) is 0.798. The van der Waals surface area contributed by atoms with Gasteiger partial charge in [0.25, 0.3) is 0 Å². The van der Waals surface area contributed by atoms with E-state index in [0.29, 0.717) is 5.57 Å². The molecule has 0 saturated carbocycles. The topological polar surface area (TPSA) is 93.1 Å².